The van der Waals surface area contributed by atoms with E-state index in [1.165, 1.54) is 5.56 Å². The molecule has 0 heterocycles. The zero-order valence-corrected chi connectivity index (χ0v) is 10.6. The fourth-order valence-electron chi connectivity index (χ4n) is 1.53. The first-order chi connectivity index (χ1) is 7.18. The van der Waals surface area contributed by atoms with Crippen molar-refractivity contribution in [2.75, 3.05) is 25.5 Å². The van der Waals surface area contributed by atoms with Crippen molar-refractivity contribution >= 4 is 23.2 Å². The topological polar surface area (TPSA) is 9.23 Å². The van der Waals surface area contributed by atoms with Crippen molar-refractivity contribution < 1.29 is 4.74 Å². The summed E-state index contributed by atoms with van der Waals surface area (Å²) in [6.45, 7) is 2.60. The van der Waals surface area contributed by atoms with Crippen LogP contribution in [0.15, 0.2) is 24.3 Å². The highest BCUT2D eigenvalue weighted by Crippen LogP contribution is 2.28. The van der Waals surface area contributed by atoms with Crippen molar-refractivity contribution in [1.82, 2.24) is 0 Å². The third-order valence-electron chi connectivity index (χ3n) is 2.60. The molecule has 0 atom stereocenters. The summed E-state index contributed by atoms with van der Waals surface area (Å²) in [4.78, 5) is 0. The van der Waals surface area contributed by atoms with Crippen LogP contribution in [0.3, 0.4) is 0 Å². The first-order valence-corrected chi connectivity index (χ1v) is 5.93. The minimum absolute atomic E-state index is 0.272. The number of rotatable bonds is 5. The Kier molecular flexibility index (Phi) is 4.91. The van der Waals surface area contributed by atoms with Gasteiger partial charge < -0.3 is 4.74 Å². The highest BCUT2D eigenvalue weighted by molar-refractivity contribution is 6.22. The molecule has 0 bridgehead atoms. The van der Waals surface area contributed by atoms with Gasteiger partial charge in [-0.1, -0.05) is 29.8 Å². The average Bonchev–Trinajstić information content (AvgIpc) is 2.27. The molecule has 84 valence electrons. The lowest BCUT2D eigenvalue weighted by molar-refractivity contribution is 0.149. The summed E-state index contributed by atoms with van der Waals surface area (Å²) in [7, 11) is 1.67. The van der Waals surface area contributed by atoms with E-state index in [2.05, 4.69) is 31.2 Å². The summed E-state index contributed by atoms with van der Waals surface area (Å²) in [6, 6.07) is 8.27. The Morgan fingerprint density at radius 3 is 2.07 bits per heavy atom. The number of benzene rings is 1. The molecule has 0 aliphatic carbocycles. The molecule has 0 unspecified atom stereocenters. The molecule has 1 aromatic rings. The van der Waals surface area contributed by atoms with Gasteiger partial charge in [0.15, 0.2) is 0 Å². The van der Waals surface area contributed by atoms with Gasteiger partial charge in [-0.05, 0) is 12.5 Å². The lowest BCUT2D eigenvalue weighted by atomic mass is 9.84. The Morgan fingerprint density at radius 1 is 1.13 bits per heavy atom. The van der Waals surface area contributed by atoms with Crippen molar-refractivity contribution in [1.29, 1.82) is 0 Å². The van der Waals surface area contributed by atoms with E-state index in [1.807, 2.05) is 0 Å². The predicted octanol–water partition coefficient (Wildman–Crippen LogP) is 3.36. The monoisotopic (exact) mass is 246 g/mol. The predicted molar refractivity (Wildman–Crippen MR) is 66.2 cm³/mol. The maximum absolute atomic E-state index is 6.01. The van der Waals surface area contributed by atoms with Gasteiger partial charge >= 0.3 is 0 Å². The van der Waals surface area contributed by atoms with Gasteiger partial charge in [0.05, 0.1) is 6.61 Å². The van der Waals surface area contributed by atoms with Crippen LogP contribution in [0, 0.1) is 6.92 Å². The third-order valence-corrected chi connectivity index (χ3v) is 3.62. The van der Waals surface area contributed by atoms with E-state index in [-0.39, 0.29) is 5.41 Å². The van der Waals surface area contributed by atoms with Crippen molar-refractivity contribution in [2.45, 2.75) is 12.3 Å². The van der Waals surface area contributed by atoms with Crippen molar-refractivity contribution in [3.63, 3.8) is 0 Å². The molecule has 0 radical (unpaired) electrons. The lowest BCUT2D eigenvalue weighted by Gasteiger charge is -2.29. The highest BCUT2D eigenvalue weighted by atomic mass is 35.5. The van der Waals surface area contributed by atoms with Crippen molar-refractivity contribution in [3.8, 4) is 0 Å². The molecule has 0 saturated carbocycles. The van der Waals surface area contributed by atoms with Crippen LogP contribution in [0.5, 0.6) is 0 Å². The van der Waals surface area contributed by atoms with Gasteiger partial charge in [-0.25, -0.2) is 0 Å². The van der Waals surface area contributed by atoms with Crippen LogP contribution < -0.4 is 0 Å². The number of methoxy groups -OCH3 is 1. The van der Waals surface area contributed by atoms with Crippen LogP contribution in [0.25, 0.3) is 0 Å². The van der Waals surface area contributed by atoms with Crippen LogP contribution in [0.1, 0.15) is 11.1 Å². The fraction of sp³-hybridized carbons (Fsp3) is 0.500. The largest absolute Gasteiger partial charge is 0.384 e. The number of aryl methyl sites for hydroxylation is 1. The zero-order valence-electron chi connectivity index (χ0n) is 9.09. The standard InChI is InChI=1S/C12H16Cl2O/c1-10-3-5-11(6-4-10)12(7-13,8-14)9-15-2/h3-6H,7-9H2,1-2H3. The van der Waals surface area contributed by atoms with E-state index in [0.717, 1.165) is 5.56 Å². The summed E-state index contributed by atoms with van der Waals surface area (Å²) in [5.74, 6) is 0.931. The molecule has 1 rings (SSSR count). The molecule has 0 spiro atoms. The summed E-state index contributed by atoms with van der Waals surface area (Å²) in [6.07, 6.45) is 0. The van der Waals surface area contributed by atoms with Gasteiger partial charge in [0.1, 0.15) is 0 Å². The third kappa shape index (κ3) is 2.87. The Hall–Kier alpha value is -0.240. The minimum Gasteiger partial charge on any atom is -0.384 e. The van der Waals surface area contributed by atoms with Crippen LogP contribution in [-0.2, 0) is 10.2 Å². The van der Waals surface area contributed by atoms with Crippen molar-refractivity contribution in [2.24, 2.45) is 0 Å². The number of ether oxygens (including phenoxy) is 1. The summed E-state index contributed by atoms with van der Waals surface area (Å²) >= 11 is 12.0. The van der Waals surface area contributed by atoms with Gasteiger partial charge in [-0.2, -0.15) is 0 Å². The molecule has 0 fully saturated rings. The molecule has 0 N–H and O–H groups in total. The molecule has 0 aliphatic rings. The van der Waals surface area contributed by atoms with Gasteiger partial charge in [0.25, 0.3) is 0 Å². The lowest BCUT2D eigenvalue weighted by Crippen LogP contribution is -2.35. The van der Waals surface area contributed by atoms with Crippen molar-refractivity contribution in [3.05, 3.63) is 35.4 Å². The number of alkyl halides is 2. The smallest absolute Gasteiger partial charge is 0.0582 e. The number of hydrogen-bond donors (Lipinski definition) is 0. The van der Waals surface area contributed by atoms with E-state index < -0.39 is 0 Å². The van der Waals surface area contributed by atoms with Gasteiger partial charge in [0.2, 0.25) is 0 Å². The van der Waals surface area contributed by atoms with Crippen LogP contribution in [0.2, 0.25) is 0 Å². The summed E-state index contributed by atoms with van der Waals surface area (Å²) < 4.78 is 5.20. The van der Waals surface area contributed by atoms with E-state index in [9.17, 15) is 0 Å². The van der Waals surface area contributed by atoms with E-state index in [1.54, 1.807) is 7.11 Å². The fourth-order valence-corrected chi connectivity index (χ4v) is 2.28. The Morgan fingerprint density at radius 2 is 1.67 bits per heavy atom. The second-order valence-corrected chi connectivity index (χ2v) is 4.38. The minimum atomic E-state index is -0.272. The SMILES string of the molecule is COCC(CCl)(CCl)c1ccc(C)cc1. The zero-order chi connectivity index (χ0) is 11.3. The molecule has 1 nitrogen and oxygen atoms in total. The van der Waals surface area contributed by atoms with Crippen LogP contribution in [-0.4, -0.2) is 25.5 Å². The maximum atomic E-state index is 6.01. The molecular weight excluding hydrogens is 231 g/mol. The molecule has 3 heteroatoms. The van der Waals surface area contributed by atoms with E-state index in [4.69, 9.17) is 27.9 Å². The molecule has 0 saturated heterocycles. The second kappa shape index (κ2) is 5.74. The average molecular weight is 247 g/mol. The molecule has 0 amide bonds. The maximum Gasteiger partial charge on any atom is 0.0582 e. The molecular formula is C12H16Cl2O. The Balaban J connectivity index is 3.02. The summed E-state index contributed by atoms with van der Waals surface area (Å²) in [5.41, 5.74) is 2.10. The van der Waals surface area contributed by atoms with Gasteiger partial charge in [-0.3, -0.25) is 0 Å². The number of halogens is 2. The first kappa shape index (κ1) is 12.8. The molecule has 0 aliphatic heterocycles. The van der Waals surface area contributed by atoms with Crippen LogP contribution >= 0.6 is 23.2 Å². The van der Waals surface area contributed by atoms with E-state index in [0.29, 0.717) is 18.4 Å². The van der Waals surface area contributed by atoms with Gasteiger partial charge in [0, 0.05) is 24.3 Å². The first-order valence-electron chi connectivity index (χ1n) is 4.86. The quantitative estimate of drug-likeness (QED) is 0.725. The molecule has 1 aromatic carbocycles. The van der Waals surface area contributed by atoms with Gasteiger partial charge in [-0.15, -0.1) is 23.2 Å². The highest BCUT2D eigenvalue weighted by Gasteiger charge is 2.30. The molecule has 0 aromatic heterocycles. The van der Waals surface area contributed by atoms with E-state index >= 15 is 0 Å². The van der Waals surface area contributed by atoms with Crippen LogP contribution in [0.4, 0.5) is 0 Å². The summed E-state index contributed by atoms with van der Waals surface area (Å²) in [5, 5.41) is 0. The Labute approximate surface area is 101 Å². The second-order valence-electron chi connectivity index (χ2n) is 3.85. The number of hydrogen-bond acceptors (Lipinski definition) is 1. The Bertz CT molecular complexity index is 291. The molecule has 15 heavy (non-hydrogen) atoms. The normalized spacial score (nSPS) is 11.7.